The van der Waals surface area contributed by atoms with E-state index in [9.17, 15) is 0 Å². The Bertz CT molecular complexity index is 1970. The third-order valence-electron chi connectivity index (χ3n) is 14.1. The second kappa shape index (κ2) is 10.2. The molecule has 4 aromatic rings. The van der Waals surface area contributed by atoms with Gasteiger partial charge in [0.2, 0.25) is 0 Å². The zero-order chi connectivity index (χ0) is 32.6. The third-order valence-corrected chi connectivity index (χ3v) is 14.1. The van der Waals surface area contributed by atoms with E-state index >= 15 is 0 Å². The van der Waals surface area contributed by atoms with E-state index in [1.807, 2.05) is 0 Å². The van der Waals surface area contributed by atoms with Crippen LogP contribution >= 0.6 is 0 Å². The average molecular weight is 619 g/mol. The fourth-order valence-electron chi connectivity index (χ4n) is 12.7. The molecule has 242 valence electrons. The second-order valence-corrected chi connectivity index (χ2v) is 17.7. The molecule has 0 aliphatic heterocycles. The van der Waals surface area contributed by atoms with Gasteiger partial charge in [-0.2, -0.15) is 0 Å². The van der Waals surface area contributed by atoms with Crippen LogP contribution in [0.2, 0.25) is 0 Å². The molecular formula is C47H54. The maximum Gasteiger partial charge on any atom is 0.0288 e. The van der Waals surface area contributed by atoms with E-state index < -0.39 is 0 Å². The minimum atomic E-state index is -0.0310. The van der Waals surface area contributed by atoms with Crippen LogP contribution in [-0.4, -0.2) is 0 Å². The molecule has 0 heteroatoms. The van der Waals surface area contributed by atoms with Gasteiger partial charge in [-0.05, 0) is 120 Å². The molecule has 0 aromatic heterocycles. The zero-order valence-corrected chi connectivity index (χ0v) is 30.1. The van der Waals surface area contributed by atoms with Gasteiger partial charge in [-0.15, -0.1) is 0 Å². The quantitative estimate of drug-likeness (QED) is 0.213. The van der Waals surface area contributed by atoms with Gasteiger partial charge < -0.3 is 0 Å². The lowest BCUT2D eigenvalue weighted by Gasteiger charge is -2.67. The maximum atomic E-state index is 2.68. The van der Waals surface area contributed by atoms with E-state index in [2.05, 4.69) is 122 Å². The molecule has 0 amide bonds. The third kappa shape index (κ3) is 3.72. The average Bonchev–Trinajstić information content (AvgIpc) is 3.65. The van der Waals surface area contributed by atoms with Gasteiger partial charge >= 0.3 is 0 Å². The van der Waals surface area contributed by atoms with Crippen molar-refractivity contribution in [2.45, 2.75) is 111 Å². The predicted octanol–water partition coefficient (Wildman–Crippen LogP) is 12.7. The van der Waals surface area contributed by atoms with Crippen LogP contribution in [0.4, 0.5) is 0 Å². The van der Waals surface area contributed by atoms with Gasteiger partial charge in [0.15, 0.2) is 0 Å². The van der Waals surface area contributed by atoms with Crippen molar-refractivity contribution in [3.8, 4) is 11.1 Å². The summed E-state index contributed by atoms with van der Waals surface area (Å²) < 4.78 is 0. The molecule has 4 unspecified atom stereocenters. The first-order valence-electron chi connectivity index (χ1n) is 19.2. The fraction of sp³-hybridized carbons (Fsp3) is 0.489. The molecule has 0 nitrogen and oxygen atoms in total. The van der Waals surface area contributed by atoms with Gasteiger partial charge in [0.1, 0.15) is 0 Å². The number of rotatable bonds is 4. The zero-order valence-electron chi connectivity index (χ0n) is 30.1. The van der Waals surface area contributed by atoms with E-state index in [0.29, 0.717) is 29.6 Å². The van der Waals surface area contributed by atoms with Gasteiger partial charge in [0, 0.05) is 10.8 Å². The lowest BCUT2D eigenvalue weighted by Crippen LogP contribution is -2.65. The molecule has 0 bridgehead atoms. The summed E-state index contributed by atoms with van der Waals surface area (Å²) in [5.74, 6) is 4.78. The molecule has 0 heterocycles. The molecule has 2 fully saturated rings. The molecule has 5 aliphatic rings. The SMILES string of the molecule is CC(C)c1ccc2c3c(ccc2c1)-c1c(ccc2c1C(C)(C)C1=C2Cc2ccccc21)C31C(C(C)C)C(C(C)C)C1C1CCCCC1. The number of hydrogen-bond acceptors (Lipinski definition) is 0. The van der Waals surface area contributed by atoms with Crippen molar-refractivity contribution < 1.29 is 0 Å². The summed E-state index contributed by atoms with van der Waals surface area (Å²) >= 11 is 0. The minimum Gasteiger partial charge on any atom is -0.0625 e. The number of fused-ring (bicyclic) bond motifs is 12. The van der Waals surface area contributed by atoms with Crippen LogP contribution in [0.5, 0.6) is 0 Å². The Kier molecular flexibility index (Phi) is 6.50. The van der Waals surface area contributed by atoms with E-state index in [0.717, 1.165) is 18.3 Å². The number of allylic oxidation sites excluding steroid dienone is 2. The normalized spacial score (nSPS) is 27.1. The monoisotopic (exact) mass is 618 g/mol. The lowest BCUT2D eigenvalue weighted by atomic mass is 9.36. The van der Waals surface area contributed by atoms with Gasteiger partial charge in [0.25, 0.3) is 0 Å². The summed E-state index contributed by atoms with van der Waals surface area (Å²) in [5, 5.41) is 2.98. The highest BCUT2D eigenvalue weighted by atomic mass is 14.7. The standard InChI is InChI=1S/C47H54/c1-26(2)30-18-20-34-32(24-30)19-21-36-40-38(23-22-35-37-25-31-16-12-13-17-33(31)43(37)46(7,8)45(35)40)47(44(34)36)41(28(5)6)39(27(3)4)42(47)29-14-10-9-11-15-29/h12-13,16-24,26-29,39,41-42H,9-11,14-15,25H2,1-8H3. The molecule has 0 saturated heterocycles. The summed E-state index contributed by atoms with van der Waals surface area (Å²) in [6.07, 6.45) is 8.14. The number of hydrogen-bond donors (Lipinski definition) is 0. The number of benzene rings is 4. The van der Waals surface area contributed by atoms with Crippen LogP contribution in [0, 0.1) is 35.5 Å². The Balaban J connectivity index is 1.37. The summed E-state index contributed by atoms with van der Waals surface area (Å²) in [6.45, 7) is 20.0. The van der Waals surface area contributed by atoms with E-state index in [-0.39, 0.29) is 10.8 Å². The summed E-state index contributed by atoms with van der Waals surface area (Å²) in [6, 6.07) is 27.1. The van der Waals surface area contributed by atoms with Crippen molar-refractivity contribution >= 4 is 21.9 Å². The summed E-state index contributed by atoms with van der Waals surface area (Å²) in [7, 11) is 0. The van der Waals surface area contributed by atoms with Crippen molar-refractivity contribution in [1.82, 2.24) is 0 Å². The van der Waals surface area contributed by atoms with Crippen molar-refractivity contribution in [2.75, 3.05) is 0 Å². The van der Waals surface area contributed by atoms with Crippen LogP contribution < -0.4 is 0 Å². The second-order valence-electron chi connectivity index (χ2n) is 17.7. The van der Waals surface area contributed by atoms with Crippen molar-refractivity contribution in [2.24, 2.45) is 35.5 Å². The van der Waals surface area contributed by atoms with Crippen LogP contribution in [0.25, 0.3) is 33.0 Å². The van der Waals surface area contributed by atoms with Crippen molar-refractivity contribution in [1.29, 1.82) is 0 Å². The smallest absolute Gasteiger partial charge is 0.0288 e. The van der Waals surface area contributed by atoms with E-state index in [1.54, 1.807) is 39.0 Å². The highest BCUT2D eigenvalue weighted by Gasteiger charge is 2.69. The first kappa shape index (κ1) is 30.0. The Hall–Kier alpha value is -3.12. The molecule has 5 aliphatic carbocycles. The largest absolute Gasteiger partial charge is 0.0625 e. The van der Waals surface area contributed by atoms with Gasteiger partial charge in [-0.25, -0.2) is 0 Å². The lowest BCUT2D eigenvalue weighted by molar-refractivity contribution is -0.118. The van der Waals surface area contributed by atoms with Crippen molar-refractivity contribution in [3.63, 3.8) is 0 Å². The molecule has 1 spiro atoms. The summed E-state index contributed by atoms with van der Waals surface area (Å²) in [4.78, 5) is 0. The van der Waals surface area contributed by atoms with Gasteiger partial charge in [0.05, 0.1) is 0 Å². The molecular weight excluding hydrogens is 565 g/mol. The molecule has 0 radical (unpaired) electrons. The Morgan fingerprint density at radius 1 is 0.702 bits per heavy atom. The fourth-order valence-corrected chi connectivity index (χ4v) is 12.7. The Labute approximate surface area is 284 Å². The van der Waals surface area contributed by atoms with Crippen LogP contribution in [-0.2, 0) is 17.3 Å². The van der Waals surface area contributed by atoms with Crippen LogP contribution in [0.15, 0.2) is 66.7 Å². The summed E-state index contributed by atoms with van der Waals surface area (Å²) in [5.41, 5.74) is 17.5. The highest BCUT2D eigenvalue weighted by Crippen LogP contribution is 2.75. The molecule has 4 aromatic carbocycles. The van der Waals surface area contributed by atoms with Crippen LogP contribution in [0.3, 0.4) is 0 Å². The Morgan fingerprint density at radius 2 is 1.45 bits per heavy atom. The highest BCUT2D eigenvalue weighted by molar-refractivity contribution is 6.10. The van der Waals surface area contributed by atoms with Gasteiger partial charge in [-0.3, -0.25) is 0 Å². The topological polar surface area (TPSA) is 0 Å². The molecule has 4 atom stereocenters. The first-order chi connectivity index (χ1) is 22.6. The molecule has 47 heavy (non-hydrogen) atoms. The van der Waals surface area contributed by atoms with Gasteiger partial charge in [-0.1, -0.05) is 154 Å². The molecule has 9 rings (SSSR count). The molecule has 0 N–H and O–H groups in total. The van der Waals surface area contributed by atoms with E-state index in [1.165, 1.54) is 65.1 Å². The Morgan fingerprint density at radius 3 is 2.17 bits per heavy atom. The first-order valence-corrected chi connectivity index (χ1v) is 19.2. The van der Waals surface area contributed by atoms with Crippen LogP contribution in [0.1, 0.15) is 132 Å². The van der Waals surface area contributed by atoms with Crippen molar-refractivity contribution in [3.05, 3.63) is 106 Å². The predicted molar refractivity (Wildman–Crippen MR) is 201 cm³/mol. The van der Waals surface area contributed by atoms with E-state index in [4.69, 9.17) is 0 Å². The molecule has 2 saturated carbocycles. The maximum absolute atomic E-state index is 2.68. The minimum absolute atomic E-state index is 0.0310.